The molecule has 0 atom stereocenters. The van der Waals surface area contributed by atoms with E-state index in [4.69, 9.17) is 4.74 Å². The molecular formula is C19H25FN4O2. The lowest BCUT2D eigenvalue weighted by molar-refractivity contribution is 0.0585. The molecule has 26 heavy (non-hydrogen) atoms. The highest BCUT2D eigenvalue weighted by atomic mass is 19.1. The zero-order valence-corrected chi connectivity index (χ0v) is 15.5. The normalized spacial score (nSPS) is 18.7. The van der Waals surface area contributed by atoms with Crippen molar-refractivity contribution in [1.82, 2.24) is 14.5 Å². The summed E-state index contributed by atoms with van der Waals surface area (Å²) in [4.78, 5) is 16.7. The number of aromatic nitrogens is 2. The number of esters is 1. The fourth-order valence-electron chi connectivity index (χ4n) is 4.04. The second kappa shape index (κ2) is 6.54. The zero-order chi connectivity index (χ0) is 18.4. The molecule has 0 unspecified atom stereocenters. The van der Waals surface area contributed by atoms with Crippen LogP contribution in [0.3, 0.4) is 0 Å². The Labute approximate surface area is 152 Å². The summed E-state index contributed by atoms with van der Waals surface area (Å²) in [5, 5.41) is 4.31. The van der Waals surface area contributed by atoms with Gasteiger partial charge < -0.3 is 14.5 Å². The average Bonchev–Trinajstić information content (AvgIpc) is 3.42. The maximum Gasteiger partial charge on any atom is 0.359 e. The van der Waals surface area contributed by atoms with E-state index in [9.17, 15) is 9.18 Å². The lowest BCUT2D eigenvalue weighted by Gasteiger charge is -2.38. The van der Waals surface area contributed by atoms with Crippen LogP contribution in [-0.4, -0.2) is 59.8 Å². The summed E-state index contributed by atoms with van der Waals surface area (Å²) in [6, 6.07) is 4.70. The number of hydrogen-bond donors (Lipinski definition) is 0. The standard InChI is InChI=1S/C19H25FN4O2/c1-12-10-17-16(11-15(20)18(19(25)26-3)24(17)21-12)23-8-6-14(7-9-23)22(2)13-4-5-13/h10-11,13-14H,4-9H2,1-3H3. The summed E-state index contributed by atoms with van der Waals surface area (Å²) in [5.74, 6) is -1.31. The number of methoxy groups -OCH3 is 1. The number of nitrogens with zero attached hydrogens (tertiary/aromatic N) is 4. The smallest absolute Gasteiger partial charge is 0.359 e. The highest BCUT2D eigenvalue weighted by Crippen LogP contribution is 2.33. The van der Waals surface area contributed by atoms with Gasteiger partial charge >= 0.3 is 5.97 Å². The molecule has 6 nitrogen and oxygen atoms in total. The second-order valence-electron chi connectivity index (χ2n) is 7.42. The second-order valence-corrected chi connectivity index (χ2v) is 7.42. The maximum absolute atomic E-state index is 14.7. The van der Waals surface area contributed by atoms with Crippen LogP contribution in [0.5, 0.6) is 0 Å². The Morgan fingerprint density at radius 3 is 2.50 bits per heavy atom. The number of fused-ring (bicyclic) bond motifs is 1. The molecule has 0 radical (unpaired) electrons. The van der Waals surface area contributed by atoms with Crippen molar-refractivity contribution in [1.29, 1.82) is 0 Å². The Balaban J connectivity index is 1.64. The third kappa shape index (κ3) is 2.94. The molecule has 2 aromatic heterocycles. The summed E-state index contributed by atoms with van der Waals surface area (Å²) in [6.45, 7) is 3.59. The molecule has 7 heteroatoms. The van der Waals surface area contributed by atoms with Crippen molar-refractivity contribution >= 4 is 17.2 Å². The van der Waals surface area contributed by atoms with E-state index in [1.54, 1.807) is 0 Å². The van der Waals surface area contributed by atoms with Crippen LogP contribution >= 0.6 is 0 Å². The monoisotopic (exact) mass is 360 g/mol. The third-order valence-corrected chi connectivity index (χ3v) is 5.68. The molecule has 1 saturated heterocycles. The summed E-state index contributed by atoms with van der Waals surface area (Å²) in [7, 11) is 3.47. The third-order valence-electron chi connectivity index (χ3n) is 5.68. The van der Waals surface area contributed by atoms with Crippen LogP contribution < -0.4 is 4.90 Å². The van der Waals surface area contributed by atoms with Gasteiger partial charge in [-0.1, -0.05) is 0 Å². The van der Waals surface area contributed by atoms with Crippen molar-refractivity contribution in [3.05, 3.63) is 29.3 Å². The van der Waals surface area contributed by atoms with Crippen molar-refractivity contribution in [3.63, 3.8) is 0 Å². The quantitative estimate of drug-likeness (QED) is 0.785. The maximum atomic E-state index is 14.7. The van der Waals surface area contributed by atoms with Crippen LogP contribution in [0.2, 0.25) is 0 Å². The Bertz CT molecular complexity index is 838. The number of ether oxygens (including phenoxy) is 1. The van der Waals surface area contributed by atoms with E-state index in [0.29, 0.717) is 6.04 Å². The molecule has 140 valence electrons. The highest BCUT2D eigenvalue weighted by molar-refractivity contribution is 5.90. The van der Waals surface area contributed by atoms with Crippen molar-refractivity contribution in [2.45, 2.75) is 44.7 Å². The van der Waals surface area contributed by atoms with Crippen LogP contribution in [0.15, 0.2) is 12.1 Å². The minimum absolute atomic E-state index is 0.150. The number of halogens is 1. The molecular weight excluding hydrogens is 335 g/mol. The number of carbonyl (C=O) groups excluding carboxylic acids is 1. The van der Waals surface area contributed by atoms with Gasteiger partial charge in [-0.05, 0) is 45.7 Å². The molecule has 4 rings (SSSR count). The predicted molar refractivity (Wildman–Crippen MR) is 97.2 cm³/mol. The molecule has 2 aliphatic rings. The van der Waals surface area contributed by atoms with Crippen molar-refractivity contribution in [3.8, 4) is 0 Å². The van der Waals surface area contributed by atoms with Gasteiger partial charge in [0.25, 0.3) is 0 Å². The van der Waals surface area contributed by atoms with Gasteiger partial charge in [-0.15, -0.1) is 0 Å². The van der Waals surface area contributed by atoms with Crippen molar-refractivity contribution in [2.75, 3.05) is 32.1 Å². The number of pyridine rings is 1. The van der Waals surface area contributed by atoms with E-state index >= 15 is 0 Å². The zero-order valence-electron chi connectivity index (χ0n) is 15.5. The number of aryl methyl sites for hydroxylation is 1. The van der Waals surface area contributed by atoms with E-state index in [0.717, 1.165) is 48.9 Å². The van der Waals surface area contributed by atoms with Crippen LogP contribution in [0, 0.1) is 12.7 Å². The molecule has 1 aliphatic heterocycles. The van der Waals surface area contributed by atoms with Gasteiger partial charge in [0.05, 0.1) is 24.0 Å². The molecule has 0 amide bonds. The van der Waals surface area contributed by atoms with Crippen molar-refractivity contribution in [2.24, 2.45) is 0 Å². The summed E-state index contributed by atoms with van der Waals surface area (Å²) < 4.78 is 20.8. The van der Waals surface area contributed by atoms with Crippen LogP contribution in [0.4, 0.5) is 10.1 Å². The van der Waals surface area contributed by atoms with Gasteiger partial charge in [-0.3, -0.25) is 0 Å². The molecule has 2 fully saturated rings. The number of piperidine rings is 1. The molecule has 0 bridgehead atoms. The lowest BCUT2D eigenvalue weighted by atomic mass is 10.0. The number of hydrogen-bond acceptors (Lipinski definition) is 5. The Morgan fingerprint density at radius 2 is 1.88 bits per heavy atom. The summed E-state index contributed by atoms with van der Waals surface area (Å²) in [6.07, 6.45) is 4.75. The first-order valence-electron chi connectivity index (χ1n) is 9.23. The van der Waals surface area contributed by atoms with E-state index in [1.165, 1.54) is 30.5 Å². The van der Waals surface area contributed by atoms with Gasteiger partial charge in [0.15, 0.2) is 11.5 Å². The average molecular weight is 360 g/mol. The topological polar surface area (TPSA) is 50.1 Å². The summed E-state index contributed by atoms with van der Waals surface area (Å²) in [5.41, 5.74) is 2.13. The predicted octanol–water partition coefficient (Wildman–Crippen LogP) is 2.63. The van der Waals surface area contributed by atoms with E-state index < -0.39 is 11.8 Å². The van der Waals surface area contributed by atoms with Crippen LogP contribution in [-0.2, 0) is 4.74 Å². The van der Waals surface area contributed by atoms with E-state index in [-0.39, 0.29) is 5.69 Å². The molecule has 0 aromatic carbocycles. The first-order chi connectivity index (χ1) is 12.5. The Kier molecular flexibility index (Phi) is 4.34. The highest BCUT2D eigenvalue weighted by Gasteiger charge is 2.33. The molecule has 2 aromatic rings. The largest absolute Gasteiger partial charge is 0.464 e. The minimum atomic E-state index is -0.716. The van der Waals surface area contributed by atoms with Crippen LogP contribution in [0.1, 0.15) is 41.9 Å². The van der Waals surface area contributed by atoms with E-state index in [2.05, 4.69) is 21.9 Å². The fraction of sp³-hybridized carbons (Fsp3) is 0.579. The Morgan fingerprint density at radius 1 is 1.23 bits per heavy atom. The van der Waals surface area contributed by atoms with Gasteiger partial charge in [0.1, 0.15) is 0 Å². The number of carbonyl (C=O) groups is 1. The van der Waals surface area contributed by atoms with Gasteiger partial charge in [0, 0.05) is 31.2 Å². The molecule has 1 aliphatic carbocycles. The van der Waals surface area contributed by atoms with Gasteiger partial charge in [-0.2, -0.15) is 5.10 Å². The SMILES string of the molecule is COC(=O)c1c(F)cc(N2CCC(N(C)C3CC3)CC2)c2cc(C)nn12. The fourth-order valence-corrected chi connectivity index (χ4v) is 4.04. The first kappa shape index (κ1) is 17.3. The lowest BCUT2D eigenvalue weighted by Crippen LogP contribution is -2.44. The number of anilines is 1. The minimum Gasteiger partial charge on any atom is -0.464 e. The summed E-state index contributed by atoms with van der Waals surface area (Å²) >= 11 is 0. The molecule has 3 heterocycles. The Hall–Kier alpha value is -2.15. The first-order valence-corrected chi connectivity index (χ1v) is 9.23. The van der Waals surface area contributed by atoms with E-state index in [1.807, 2.05) is 13.0 Å². The molecule has 0 N–H and O–H groups in total. The molecule has 0 spiro atoms. The van der Waals surface area contributed by atoms with Crippen LogP contribution in [0.25, 0.3) is 5.52 Å². The molecule has 1 saturated carbocycles. The van der Waals surface area contributed by atoms with Crippen molar-refractivity contribution < 1.29 is 13.9 Å². The number of rotatable bonds is 4. The van der Waals surface area contributed by atoms with Gasteiger partial charge in [-0.25, -0.2) is 13.7 Å². The van der Waals surface area contributed by atoms with Gasteiger partial charge in [0.2, 0.25) is 0 Å².